The number of nitrogens with zero attached hydrogens (tertiary/aromatic N) is 1. The van der Waals surface area contributed by atoms with Gasteiger partial charge < -0.3 is 20.5 Å². The molecular formula is C14H18N2O4. The molecule has 0 aromatic heterocycles. The molecule has 2 rings (SSSR count). The topological polar surface area (TPSA) is 92.9 Å². The molecule has 1 aromatic carbocycles. The number of piperidine rings is 1. The number of ether oxygens (including phenoxy) is 1. The summed E-state index contributed by atoms with van der Waals surface area (Å²) < 4.78 is 5.16. The van der Waals surface area contributed by atoms with Crippen molar-refractivity contribution in [2.24, 2.45) is 0 Å². The summed E-state index contributed by atoms with van der Waals surface area (Å²) in [5, 5.41) is 9.23. The lowest BCUT2D eigenvalue weighted by Crippen LogP contribution is -2.48. The van der Waals surface area contributed by atoms with Crippen LogP contribution in [-0.4, -0.2) is 41.6 Å². The molecule has 1 saturated heterocycles. The van der Waals surface area contributed by atoms with E-state index in [1.807, 2.05) is 0 Å². The second kappa shape index (κ2) is 5.81. The summed E-state index contributed by atoms with van der Waals surface area (Å²) in [6.07, 6.45) is 2.12. The van der Waals surface area contributed by atoms with E-state index in [1.54, 1.807) is 18.2 Å². The number of likely N-dealkylation sites (tertiary alicyclic amines) is 1. The minimum Gasteiger partial charge on any atom is -0.496 e. The fraction of sp³-hybridized carbons (Fsp3) is 0.429. The van der Waals surface area contributed by atoms with Gasteiger partial charge in [-0.2, -0.15) is 0 Å². The number of carboxylic acid groups (broad SMARTS) is 1. The maximum absolute atomic E-state index is 12.5. The minimum absolute atomic E-state index is 0.325. The Kier molecular flexibility index (Phi) is 4.12. The Bertz CT molecular complexity index is 530. The number of carbonyl (C=O) groups excluding carboxylic acids is 1. The molecule has 6 nitrogen and oxygen atoms in total. The van der Waals surface area contributed by atoms with Crippen molar-refractivity contribution >= 4 is 17.6 Å². The molecule has 1 aliphatic rings. The van der Waals surface area contributed by atoms with Gasteiger partial charge in [-0.3, -0.25) is 4.79 Å². The molecule has 0 bridgehead atoms. The van der Waals surface area contributed by atoms with E-state index in [0.717, 1.165) is 12.8 Å². The molecule has 1 fully saturated rings. The second-order valence-electron chi connectivity index (χ2n) is 4.81. The van der Waals surface area contributed by atoms with Crippen molar-refractivity contribution in [2.75, 3.05) is 19.4 Å². The summed E-state index contributed by atoms with van der Waals surface area (Å²) in [5.41, 5.74) is 6.49. The molecule has 1 atom stereocenters. The van der Waals surface area contributed by atoms with Gasteiger partial charge in [0.1, 0.15) is 11.8 Å². The van der Waals surface area contributed by atoms with Gasteiger partial charge in [-0.1, -0.05) is 0 Å². The Labute approximate surface area is 117 Å². The van der Waals surface area contributed by atoms with Crippen LogP contribution in [0.25, 0.3) is 0 Å². The number of carboxylic acids is 1. The lowest BCUT2D eigenvalue weighted by atomic mass is 10.0. The normalized spacial score (nSPS) is 18.6. The third-order valence-corrected chi connectivity index (χ3v) is 3.50. The van der Waals surface area contributed by atoms with Crippen molar-refractivity contribution in [1.82, 2.24) is 4.90 Å². The lowest BCUT2D eigenvalue weighted by Gasteiger charge is -2.33. The third-order valence-electron chi connectivity index (χ3n) is 3.50. The Balaban J connectivity index is 2.32. The summed E-state index contributed by atoms with van der Waals surface area (Å²) >= 11 is 0. The van der Waals surface area contributed by atoms with E-state index in [0.29, 0.717) is 30.0 Å². The van der Waals surface area contributed by atoms with Crippen LogP contribution in [0.3, 0.4) is 0 Å². The Morgan fingerprint density at radius 3 is 2.80 bits per heavy atom. The predicted octanol–water partition coefficient (Wildman–Crippen LogP) is 1.36. The van der Waals surface area contributed by atoms with Gasteiger partial charge in [0, 0.05) is 18.3 Å². The van der Waals surface area contributed by atoms with Crippen LogP contribution in [0, 0.1) is 0 Å². The van der Waals surface area contributed by atoms with Crippen LogP contribution in [0.15, 0.2) is 18.2 Å². The zero-order valence-electron chi connectivity index (χ0n) is 11.3. The van der Waals surface area contributed by atoms with Gasteiger partial charge >= 0.3 is 5.97 Å². The average Bonchev–Trinajstić information content (AvgIpc) is 2.46. The van der Waals surface area contributed by atoms with Crippen molar-refractivity contribution in [3.05, 3.63) is 23.8 Å². The first kappa shape index (κ1) is 14.2. The largest absolute Gasteiger partial charge is 0.496 e. The molecule has 0 spiro atoms. The van der Waals surface area contributed by atoms with Crippen molar-refractivity contribution in [3.63, 3.8) is 0 Å². The summed E-state index contributed by atoms with van der Waals surface area (Å²) in [7, 11) is 1.45. The maximum atomic E-state index is 12.5. The lowest BCUT2D eigenvalue weighted by molar-refractivity contribution is -0.143. The van der Waals surface area contributed by atoms with Crippen molar-refractivity contribution in [2.45, 2.75) is 25.3 Å². The fourth-order valence-corrected chi connectivity index (χ4v) is 2.47. The van der Waals surface area contributed by atoms with Gasteiger partial charge in [0.05, 0.1) is 12.7 Å². The highest BCUT2D eigenvalue weighted by atomic mass is 16.5. The van der Waals surface area contributed by atoms with Crippen LogP contribution >= 0.6 is 0 Å². The monoisotopic (exact) mass is 278 g/mol. The molecule has 20 heavy (non-hydrogen) atoms. The molecule has 3 N–H and O–H groups in total. The summed E-state index contributed by atoms with van der Waals surface area (Å²) in [5.74, 6) is -0.925. The van der Waals surface area contributed by atoms with Crippen LogP contribution in [0.5, 0.6) is 5.75 Å². The number of nitrogens with two attached hydrogens (primary N) is 1. The maximum Gasteiger partial charge on any atom is 0.326 e. The number of hydrogen-bond donors (Lipinski definition) is 2. The van der Waals surface area contributed by atoms with E-state index in [1.165, 1.54) is 12.0 Å². The molecule has 1 amide bonds. The van der Waals surface area contributed by atoms with Gasteiger partial charge in [-0.25, -0.2) is 4.79 Å². The number of amides is 1. The summed E-state index contributed by atoms with van der Waals surface area (Å²) in [6.45, 7) is 0.448. The molecule has 0 aliphatic carbocycles. The summed E-state index contributed by atoms with van der Waals surface area (Å²) in [6, 6.07) is 3.98. The zero-order valence-corrected chi connectivity index (χ0v) is 11.3. The molecular weight excluding hydrogens is 260 g/mol. The first-order valence-electron chi connectivity index (χ1n) is 6.52. The number of aliphatic carboxylic acids is 1. The number of rotatable bonds is 3. The van der Waals surface area contributed by atoms with E-state index in [9.17, 15) is 14.7 Å². The van der Waals surface area contributed by atoms with Gasteiger partial charge in [0.2, 0.25) is 0 Å². The van der Waals surface area contributed by atoms with Crippen molar-refractivity contribution < 1.29 is 19.4 Å². The predicted molar refractivity (Wildman–Crippen MR) is 73.7 cm³/mol. The van der Waals surface area contributed by atoms with Crippen LogP contribution in [-0.2, 0) is 4.79 Å². The SMILES string of the molecule is COc1cc(N)ccc1C(=O)N1CCCC[C@@H]1C(=O)O. The van der Waals surface area contributed by atoms with Gasteiger partial charge in [-0.05, 0) is 31.4 Å². The molecule has 0 saturated carbocycles. The minimum atomic E-state index is -0.965. The van der Waals surface area contributed by atoms with E-state index < -0.39 is 12.0 Å². The van der Waals surface area contributed by atoms with Crippen LogP contribution in [0.4, 0.5) is 5.69 Å². The number of methoxy groups -OCH3 is 1. The molecule has 108 valence electrons. The highest BCUT2D eigenvalue weighted by molar-refractivity contribution is 5.99. The smallest absolute Gasteiger partial charge is 0.326 e. The van der Waals surface area contributed by atoms with E-state index in [2.05, 4.69) is 0 Å². The quantitative estimate of drug-likeness (QED) is 0.814. The summed E-state index contributed by atoms with van der Waals surface area (Å²) in [4.78, 5) is 25.2. The molecule has 1 aromatic rings. The molecule has 6 heteroatoms. The van der Waals surface area contributed by atoms with Crippen LogP contribution < -0.4 is 10.5 Å². The number of carbonyl (C=O) groups is 2. The van der Waals surface area contributed by atoms with Crippen molar-refractivity contribution in [3.8, 4) is 5.75 Å². The van der Waals surface area contributed by atoms with E-state index in [-0.39, 0.29) is 5.91 Å². The molecule has 0 unspecified atom stereocenters. The van der Waals surface area contributed by atoms with E-state index >= 15 is 0 Å². The molecule has 1 heterocycles. The van der Waals surface area contributed by atoms with Gasteiger partial charge in [0.25, 0.3) is 5.91 Å². The van der Waals surface area contributed by atoms with Gasteiger partial charge in [-0.15, -0.1) is 0 Å². The fourth-order valence-electron chi connectivity index (χ4n) is 2.47. The third kappa shape index (κ3) is 2.68. The van der Waals surface area contributed by atoms with Crippen LogP contribution in [0.1, 0.15) is 29.6 Å². The van der Waals surface area contributed by atoms with Crippen LogP contribution in [0.2, 0.25) is 0 Å². The highest BCUT2D eigenvalue weighted by Gasteiger charge is 2.33. The highest BCUT2D eigenvalue weighted by Crippen LogP contribution is 2.26. The Morgan fingerprint density at radius 2 is 2.15 bits per heavy atom. The number of anilines is 1. The van der Waals surface area contributed by atoms with Crippen molar-refractivity contribution in [1.29, 1.82) is 0 Å². The average molecular weight is 278 g/mol. The molecule has 0 radical (unpaired) electrons. The van der Waals surface area contributed by atoms with E-state index in [4.69, 9.17) is 10.5 Å². The first-order chi connectivity index (χ1) is 9.54. The standard InChI is InChI=1S/C14H18N2O4/c1-20-12-8-9(15)5-6-10(12)13(17)16-7-3-2-4-11(16)14(18)19/h5-6,8,11H,2-4,7,15H2,1H3,(H,18,19)/t11-/m1/s1. The van der Waals surface area contributed by atoms with Gasteiger partial charge in [0.15, 0.2) is 0 Å². The Morgan fingerprint density at radius 1 is 1.40 bits per heavy atom. The second-order valence-corrected chi connectivity index (χ2v) is 4.81. The number of nitrogen functional groups attached to an aromatic ring is 1. The first-order valence-corrected chi connectivity index (χ1v) is 6.52. The molecule has 1 aliphatic heterocycles. The zero-order chi connectivity index (χ0) is 14.7. The number of hydrogen-bond acceptors (Lipinski definition) is 4. The number of benzene rings is 1. The Hall–Kier alpha value is -2.24.